The van der Waals surface area contributed by atoms with Crippen molar-refractivity contribution in [3.8, 4) is 11.5 Å². The predicted octanol–water partition coefficient (Wildman–Crippen LogP) is 2.47. The zero-order valence-corrected chi connectivity index (χ0v) is 12.6. The first-order valence-electron chi connectivity index (χ1n) is 6.37. The Morgan fingerprint density at radius 1 is 1.00 bits per heavy atom. The maximum Gasteiger partial charge on any atom is 0.347 e. The number of hydrogen-bond donors (Lipinski definition) is 1. The number of rotatable bonds is 4. The maximum absolute atomic E-state index is 12.2. The Labute approximate surface area is 132 Å². The fourth-order valence-corrected chi connectivity index (χ4v) is 1.86. The minimum atomic E-state index is -0.625. The van der Waals surface area contributed by atoms with Gasteiger partial charge in [-0.3, -0.25) is 4.79 Å². The van der Waals surface area contributed by atoms with Gasteiger partial charge in [0.1, 0.15) is 22.1 Å². The molecule has 0 aliphatic rings. The van der Waals surface area contributed by atoms with Crippen LogP contribution in [0.3, 0.4) is 0 Å². The number of esters is 2. The van der Waals surface area contributed by atoms with Crippen molar-refractivity contribution in [2.24, 2.45) is 5.73 Å². The Kier molecular flexibility index (Phi) is 4.85. The van der Waals surface area contributed by atoms with Gasteiger partial charge in [0.25, 0.3) is 0 Å². The SMILES string of the molecule is CC(=O)Oc1ccccc1C(=O)Oc1ccc(C(N)=S)cc1. The van der Waals surface area contributed by atoms with E-state index in [-0.39, 0.29) is 16.3 Å². The number of thiocarbonyl (C=S) groups is 1. The second-order valence-corrected chi connectivity index (χ2v) is 4.81. The van der Waals surface area contributed by atoms with E-state index in [2.05, 4.69) is 0 Å². The third-order valence-corrected chi connectivity index (χ3v) is 2.95. The average Bonchev–Trinajstić information content (AvgIpc) is 2.47. The number of nitrogens with two attached hydrogens (primary N) is 1. The van der Waals surface area contributed by atoms with Crippen molar-refractivity contribution in [1.82, 2.24) is 0 Å². The van der Waals surface area contributed by atoms with E-state index in [0.717, 1.165) is 0 Å². The van der Waals surface area contributed by atoms with Gasteiger partial charge in [0.2, 0.25) is 0 Å². The van der Waals surface area contributed by atoms with Crippen molar-refractivity contribution >= 4 is 29.1 Å². The zero-order chi connectivity index (χ0) is 16.1. The minimum Gasteiger partial charge on any atom is -0.426 e. The van der Waals surface area contributed by atoms with Gasteiger partial charge in [-0.05, 0) is 36.4 Å². The molecule has 22 heavy (non-hydrogen) atoms. The second kappa shape index (κ2) is 6.82. The molecule has 6 heteroatoms. The van der Waals surface area contributed by atoms with Crippen LogP contribution in [-0.4, -0.2) is 16.9 Å². The number of carbonyl (C=O) groups excluding carboxylic acids is 2. The van der Waals surface area contributed by atoms with Gasteiger partial charge in [-0.25, -0.2) is 4.79 Å². The lowest BCUT2D eigenvalue weighted by molar-refractivity contribution is -0.131. The van der Waals surface area contributed by atoms with Gasteiger partial charge in [0.05, 0.1) is 0 Å². The summed E-state index contributed by atoms with van der Waals surface area (Å²) in [6.07, 6.45) is 0. The van der Waals surface area contributed by atoms with Crippen LogP contribution in [0.15, 0.2) is 48.5 Å². The van der Waals surface area contributed by atoms with E-state index in [9.17, 15) is 9.59 Å². The summed E-state index contributed by atoms with van der Waals surface area (Å²) in [4.78, 5) is 23.5. The maximum atomic E-state index is 12.2. The molecule has 0 spiro atoms. The first-order chi connectivity index (χ1) is 10.5. The van der Waals surface area contributed by atoms with Gasteiger partial charge in [0.15, 0.2) is 0 Å². The van der Waals surface area contributed by atoms with Crippen LogP contribution in [0, 0.1) is 0 Å². The van der Waals surface area contributed by atoms with Crippen molar-refractivity contribution in [2.45, 2.75) is 6.92 Å². The molecular formula is C16H13NO4S. The Morgan fingerprint density at radius 3 is 2.23 bits per heavy atom. The quantitative estimate of drug-likeness (QED) is 0.530. The summed E-state index contributed by atoms with van der Waals surface area (Å²) in [6, 6.07) is 12.8. The van der Waals surface area contributed by atoms with E-state index >= 15 is 0 Å². The Bertz CT molecular complexity index is 725. The third-order valence-electron chi connectivity index (χ3n) is 2.71. The summed E-state index contributed by atoms with van der Waals surface area (Å²) in [5.74, 6) is -0.650. The lowest BCUT2D eigenvalue weighted by Crippen LogP contribution is -2.13. The highest BCUT2D eigenvalue weighted by Crippen LogP contribution is 2.21. The Morgan fingerprint density at radius 2 is 1.64 bits per heavy atom. The smallest absolute Gasteiger partial charge is 0.347 e. The van der Waals surface area contributed by atoms with E-state index in [0.29, 0.717) is 11.3 Å². The van der Waals surface area contributed by atoms with Crippen LogP contribution in [0.25, 0.3) is 0 Å². The van der Waals surface area contributed by atoms with Crippen molar-refractivity contribution in [2.75, 3.05) is 0 Å². The molecule has 2 rings (SSSR count). The average molecular weight is 315 g/mol. The molecule has 0 aromatic heterocycles. The molecule has 0 amide bonds. The highest BCUT2D eigenvalue weighted by Gasteiger charge is 2.15. The van der Waals surface area contributed by atoms with Crippen molar-refractivity contribution < 1.29 is 19.1 Å². The third kappa shape index (κ3) is 3.89. The fraction of sp³-hybridized carbons (Fsp3) is 0.0625. The van der Waals surface area contributed by atoms with Crippen LogP contribution in [0.4, 0.5) is 0 Å². The highest BCUT2D eigenvalue weighted by atomic mass is 32.1. The Balaban J connectivity index is 2.18. The molecule has 2 aromatic carbocycles. The largest absolute Gasteiger partial charge is 0.426 e. The minimum absolute atomic E-state index is 0.153. The molecule has 2 aromatic rings. The van der Waals surface area contributed by atoms with Crippen molar-refractivity contribution in [3.05, 3.63) is 59.7 Å². The Hall–Kier alpha value is -2.73. The summed E-state index contributed by atoms with van der Waals surface area (Å²) in [7, 11) is 0. The van der Waals surface area contributed by atoms with Crippen LogP contribution in [0.1, 0.15) is 22.8 Å². The van der Waals surface area contributed by atoms with E-state index in [4.69, 9.17) is 27.4 Å². The van der Waals surface area contributed by atoms with Gasteiger partial charge in [-0.15, -0.1) is 0 Å². The van der Waals surface area contributed by atoms with E-state index in [1.54, 1.807) is 36.4 Å². The van der Waals surface area contributed by atoms with Gasteiger partial charge in [-0.1, -0.05) is 24.4 Å². The molecule has 0 aliphatic heterocycles. The summed E-state index contributed by atoms with van der Waals surface area (Å²) in [5, 5.41) is 0. The topological polar surface area (TPSA) is 78.6 Å². The highest BCUT2D eigenvalue weighted by molar-refractivity contribution is 7.80. The van der Waals surface area contributed by atoms with Crippen LogP contribution < -0.4 is 15.2 Å². The molecule has 5 nitrogen and oxygen atoms in total. The molecule has 112 valence electrons. The first kappa shape index (κ1) is 15.7. The fourth-order valence-electron chi connectivity index (χ4n) is 1.73. The number of benzene rings is 2. The molecule has 0 heterocycles. The predicted molar refractivity (Wildman–Crippen MR) is 85.0 cm³/mol. The molecular weight excluding hydrogens is 302 g/mol. The first-order valence-corrected chi connectivity index (χ1v) is 6.77. The van der Waals surface area contributed by atoms with E-state index < -0.39 is 11.9 Å². The van der Waals surface area contributed by atoms with E-state index in [1.807, 2.05) is 0 Å². The van der Waals surface area contributed by atoms with E-state index in [1.165, 1.54) is 19.1 Å². The summed E-state index contributed by atoms with van der Waals surface area (Å²) in [6.45, 7) is 1.26. The van der Waals surface area contributed by atoms with Crippen LogP contribution in [-0.2, 0) is 4.79 Å². The lowest BCUT2D eigenvalue weighted by atomic mass is 10.2. The van der Waals surface area contributed by atoms with Gasteiger partial charge >= 0.3 is 11.9 Å². The number of hydrogen-bond acceptors (Lipinski definition) is 5. The summed E-state index contributed by atoms with van der Waals surface area (Å²) >= 11 is 4.85. The monoisotopic (exact) mass is 315 g/mol. The molecule has 0 aliphatic carbocycles. The second-order valence-electron chi connectivity index (χ2n) is 4.37. The van der Waals surface area contributed by atoms with Gasteiger partial charge in [-0.2, -0.15) is 0 Å². The van der Waals surface area contributed by atoms with Crippen molar-refractivity contribution in [1.29, 1.82) is 0 Å². The van der Waals surface area contributed by atoms with Crippen LogP contribution >= 0.6 is 12.2 Å². The van der Waals surface area contributed by atoms with Gasteiger partial charge in [0, 0.05) is 12.5 Å². The normalized spacial score (nSPS) is 9.86. The molecule has 2 N–H and O–H groups in total. The molecule has 0 saturated heterocycles. The molecule has 0 unspecified atom stereocenters. The zero-order valence-electron chi connectivity index (χ0n) is 11.7. The molecule has 0 atom stereocenters. The number of carbonyl (C=O) groups is 2. The van der Waals surface area contributed by atoms with Crippen LogP contribution in [0.2, 0.25) is 0 Å². The van der Waals surface area contributed by atoms with Crippen molar-refractivity contribution in [3.63, 3.8) is 0 Å². The summed E-state index contributed by atoms with van der Waals surface area (Å²) in [5.41, 5.74) is 6.34. The molecule has 0 radical (unpaired) electrons. The van der Waals surface area contributed by atoms with Gasteiger partial charge < -0.3 is 15.2 Å². The number of ether oxygens (including phenoxy) is 2. The lowest BCUT2D eigenvalue weighted by Gasteiger charge is -2.09. The molecule has 0 bridgehead atoms. The molecule has 0 saturated carbocycles. The molecule has 0 fully saturated rings. The van der Waals surface area contributed by atoms with Crippen LogP contribution in [0.5, 0.6) is 11.5 Å². The number of para-hydroxylation sites is 1. The summed E-state index contributed by atoms with van der Waals surface area (Å²) < 4.78 is 10.2. The standard InChI is InChI=1S/C16H13NO4S/c1-10(18)20-14-5-3-2-4-13(14)16(19)21-12-8-6-11(7-9-12)15(17)22/h2-9H,1H3,(H2,17,22).